The van der Waals surface area contributed by atoms with Crippen molar-refractivity contribution in [3.05, 3.63) is 29.8 Å². The highest BCUT2D eigenvalue weighted by Crippen LogP contribution is 2.30. The molecule has 1 aromatic carbocycles. The van der Waals surface area contributed by atoms with Gasteiger partial charge in [-0.25, -0.2) is 12.7 Å². The van der Waals surface area contributed by atoms with Crippen LogP contribution >= 0.6 is 0 Å². The van der Waals surface area contributed by atoms with Gasteiger partial charge in [0, 0.05) is 31.6 Å². The van der Waals surface area contributed by atoms with Crippen LogP contribution in [0.1, 0.15) is 10.4 Å². The van der Waals surface area contributed by atoms with Crippen LogP contribution in [0.5, 0.6) is 0 Å². The summed E-state index contributed by atoms with van der Waals surface area (Å²) in [5, 5.41) is 0. The van der Waals surface area contributed by atoms with Gasteiger partial charge in [-0.2, -0.15) is 0 Å². The fourth-order valence-electron chi connectivity index (χ4n) is 3.72. The first-order valence-electron chi connectivity index (χ1n) is 8.61. The second-order valence-corrected chi connectivity index (χ2v) is 8.83. The Bertz CT molecular complexity index is 850. The third-order valence-electron chi connectivity index (χ3n) is 5.45. The number of likely N-dealkylation sites (N-methyl/N-ethyl adjacent to an activating group) is 1. The topological polar surface area (TPSA) is 87.2 Å². The highest BCUT2D eigenvalue weighted by molar-refractivity contribution is 7.90. The summed E-state index contributed by atoms with van der Waals surface area (Å²) < 4.78 is 31.2. The Morgan fingerprint density at radius 2 is 1.96 bits per heavy atom. The van der Waals surface area contributed by atoms with Crippen molar-refractivity contribution < 1.29 is 22.7 Å². The van der Waals surface area contributed by atoms with Crippen LogP contribution in [0.15, 0.2) is 29.2 Å². The van der Waals surface area contributed by atoms with E-state index in [9.17, 15) is 18.0 Å². The normalized spacial score (nSPS) is 25.9. The van der Waals surface area contributed by atoms with Gasteiger partial charge in [-0.3, -0.25) is 14.5 Å². The van der Waals surface area contributed by atoms with E-state index in [-0.39, 0.29) is 22.4 Å². The first-order valence-corrected chi connectivity index (χ1v) is 10.1. The first kappa shape index (κ1) is 17.4. The molecular weight excluding hydrogens is 358 g/mol. The zero-order chi connectivity index (χ0) is 18.5. The second-order valence-electron chi connectivity index (χ2n) is 7.00. The van der Waals surface area contributed by atoms with Crippen molar-refractivity contribution in [3.63, 3.8) is 0 Å². The molecule has 9 heteroatoms. The molecule has 8 nitrogen and oxygen atoms in total. The molecule has 2 amide bonds. The highest BCUT2D eigenvalue weighted by atomic mass is 32.2. The van der Waals surface area contributed by atoms with Gasteiger partial charge >= 0.3 is 0 Å². The van der Waals surface area contributed by atoms with Crippen LogP contribution in [-0.2, 0) is 19.6 Å². The summed E-state index contributed by atoms with van der Waals surface area (Å²) in [5.74, 6) is -0.586. The number of benzene rings is 1. The number of rotatable bonds is 3. The van der Waals surface area contributed by atoms with Crippen molar-refractivity contribution in [2.45, 2.75) is 10.9 Å². The number of ether oxygens (including phenoxy) is 1. The Balaban J connectivity index is 1.49. The van der Waals surface area contributed by atoms with E-state index in [1.807, 2.05) is 7.05 Å². The van der Waals surface area contributed by atoms with Gasteiger partial charge in [-0.05, 0) is 19.2 Å². The molecule has 0 spiro atoms. The lowest BCUT2D eigenvalue weighted by Gasteiger charge is -2.45. The molecule has 0 N–H and O–H groups in total. The molecule has 26 heavy (non-hydrogen) atoms. The predicted octanol–water partition coefficient (Wildman–Crippen LogP) is -0.380. The molecule has 1 aromatic rings. The largest absolute Gasteiger partial charge is 0.381 e. The van der Waals surface area contributed by atoms with Crippen LogP contribution in [0.4, 0.5) is 0 Å². The van der Waals surface area contributed by atoms with Crippen LogP contribution in [-0.4, -0.2) is 86.8 Å². The van der Waals surface area contributed by atoms with E-state index < -0.39 is 22.5 Å². The maximum absolute atomic E-state index is 12.7. The van der Waals surface area contributed by atoms with E-state index in [1.54, 1.807) is 17.0 Å². The number of nitrogens with zero attached hydrogens (tertiary/aromatic N) is 3. The van der Waals surface area contributed by atoms with E-state index in [0.29, 0.717) is 43.1 Å². The van der Waals surface area contributed by atoms with Crippen LogP contribution in [0, 0.1) is 5.92 Å². The standard InChI is InChI=1S/C17H21N3O5S/c1-18-6-7-19(8-14(18)12-10-25-11-12)16(21)9-20-17(22)13-4-2-3-5-15(13)26(20,23)24/h2-5,12,14H,6-11H2,1H3. The molecule has 3 aliphatic rings. The molecule has 3 heterocycles. The highest BCUT2D eigenvalue weighted by Gasteiger charge is 2.43. The molecule has 2 fully saturated rings. The lowest BCUT2D eigenvalue weighted by molar-refractivity contribution is -0.138. The molecule has 4 rings (SSSR count). The lowest BCUT2D eigenvalue weighted by atomic mass is 9.94. The maximum atomic E-state index is 12.7. The zero-order valence-corrected chi connectivity index (χ0v) is 15.3. The summed E-state index contributed by atoms with van der Waals surface area (Å²) in [6, 6.07) is 6.26. The number of hydrogen-bond acceptors (Lipinski definition) is 6. The van der Waals surface area contributed by atoms with Crippen LogP contribution in [0.3, 0.4) is 0 Å². The van der Waals surface area contributed by atoms with Gasteiger partial charge in [0.15, 0.2) is 0 Å². The number of carbonyl (C=O) groups excluding carboxylic acids is 2. The van der Waals surface area contributed by atoms with Crippen molar-refractivity contribution in [3.8, 4) is 0 Å². The van der Waals surface area contributed by atoms with Crippen molar-refractivity contribution in [1.82, 2.24) is 14.1 Å². The Hall–Kier alpha value is -1.97. The van der Waals surface area contributed by atoms with Gasteiger partial charge in [-0.1, -0.05) is 12.1 Å². The number of amides is 2. The molecule has 3 aliphatic heterocycles. The van der Waals surface area contributed by atoms with Gasteiger partial charge < -0.3 is 9.64 Å². The van der Waals surface area contributed by atoms with E-state index in [2.05, 4.69) is 4.90 Å². The Kier molecular flexibility index (Phi) is 4.25. The van der Waals surface area contributed by atoms with Gasteiger partial charge in [-0.15, -0.1) is 0 Å². The van der Waals surface area contributed by atoms with Gasteiger partial charge in [0.1, 0.15) is 11.4 Å². The van der Waals surface area contributed by atoms with Crippen molar-refractivity contribution >= 4 is 21.8 Å². The third kappa shape index (κ3) is 2.70. The number of fused-ring (bicyclic) bond motifs is 1. The minimum Gasteiger partial charge on any atom is -0.381 e. The molecule has 1 atom stereocenters. The van der Waals surface area contributed by atoms with Crippen molar-refractivity contribution in [1.29, 1.82) is 0 Å². The molecule has 0 radical (unpaired) electrons. The summed E-state index contributed by atoms with van der Waals surface area (Å²) in [5.41, 5.74) is 0.128. The van der Waals surface area contributed by atoms with E-state index in [1.165, 1.54) is 12.1 Å². The van der Waals surface area contributed by atoms with Crippen molar-refractivity contribution in [2.75, 3.05) is 46.4 Å². The maximum Gasteiger partial charge on any atom is 0.269 e. The average molecular weight is 379 g/mol. The molecule has 1 unspecified atom stereocenters. The monoisotopic (exact) mass is 379 g/mol. The first-order chi connectivity index (χ1) is 12.4. The fraction of sp³-hybridized carbons (Fsp3) is 0.529. The number of piperazine rings is 1. The summed E-state index contributed by atoms with van der Waals surface area (Å²) in [7, 11) is -1.93. The molecule has 0 bridgehead atoms. The van der Waals surface area contributed by atoms with Crippen molar-refractivity contribution in [2.24, 2.45) is 5.92 Å². The summed E-state index contributed by atoms with van der Waals surface area (Å²) in [4.78, 5) is 29.0. The molecular formula is C17H21N3O5S. The average Bonchev–Trinajstić information content (AvgIpc) is 2.76. The summed E-state index contributed by atoms with van der Waals surface area (Å²) >= 11 is 0. The second kappa shape index (κ2) is 6.33. The smallest absolute Gasteiger partial charge is 0.269 e. The molecule has 0 aromatic heterocycles. The van der Waals surface area contributed by atoms with Gasteiger partial charge in [0.25, 0.3) is 15.9 Å². The lowest BCUT2D eigenvalue weighted by Crippen LogP contribution is -2.60. The fourth-order valence-corrected chi connectivity index (χ4v) is 5.24. The molecule has 0 saturated carbocycles. The van der Waals surface area contributed by atoms with E-state index in [0.717, 1.165) is 0 Å². The Labute approximate surface area is 152 Å². The zero-order valence-electron chi connectivity index (χ0n) is 14.5. The van der Waals surface area contributed by atoms with Gasteiger partial charge in [0.05, 0.1) is 18.8 Å². The third-order valence-corrected chi connectivity index (χ3v) is 7.23. The molecule has 2 saturated heterocycles. The van der Waals surface area contributed by atoms with Crippen LogP contribution < -0.4 is 0 Å². The van der Waals surface area contributed by atoms with E-state index in [4.69, 9.17) is 4.74 Å². The SMILES string of the molecule is CN1CCN(C(=O)CN2C(=O)c3ccccc3S2(=O)=O)CC1C1COC1. The Morgan fingerprint density at radius 1 is 1.23 bits per heavy atom. The van der Waals surface area contributed by atoms with Gasteiger partial charge in [0.2, 0.25) is 5.91 Å². The van der Waals surface area contributed by atoms with E-state index >= 15 is 0 Å². The minimum atomic E-state index is -3.96. The quantitative estimate of drug-likeness (QED) is 0.712. The summed E-state index contributed by atoms with van der Waals surface area (Å²) in [6.45, 7) is 2.69. The summed E-state index contributed by atoms with van der Waals surface area (Å²) in [6.07, 6.45) is 0. The number of hydrogen-bond donors (Lipinski definition) is 0. The van der Waals surface area contributed by atoms with Crippen LogP contribution in [0.25, 0.3) is 0 Å². The number of carbonyl (C=O) groups is 2. The molecule has 0 aliphatic carbocycles. The van der Waals surface area contributed by atoms with Crippen LogP contribution in [0.2, 0.25) is 0 Å². The predicted molar refractivity (Wildman–Crippen MR) is 92.0 cm³/mol. The molecule has 140 valence electrons. The minimum absolute atomic E-state index is 0.0272. The number of sulfonamides is 1. The Morgan fingerprint density at radius 3 is 2.62 bits per heavy atom.